The Labute approximate surface area is 125 Å². The first-order valence-corrected chi connectivity index (χ1v) is 8.37. The molecule has 0 radical (unpaired) electrons. The molecule has 2 nitrogen and oxygen atoms in total. The minimum Gasteiger partial charge on any atom is -0.309 e. The molecule has 20 heavy (non-hydrogen) atoms. The van der Waals surface area contributed by atoms with Crippen LogP contribution < -0.4 is 5.32 Å². The van der Waals surface area contributed by atoms with Gasteiger partial charge in [-0.15, -0.1) is 11.3 Å². The number of hydrogen-bond donors (Lipinski definition) is 1. The molecule has 1 heterocycles. The van der Waals surface area contributed by atoms with E-state index in [4.69, 9.17) is 4.98 Å². The average molecular weight is 286 g/mol. The first-order chi connectivity index (χ1) is 9.78. The highest BCUT2D eigenvalue weighted by Gasteiger charge is 2.21. The zero-order valence-electron chi connectivity index (χ0n) is 12.3. The minimum absolute atomic E-state index is 0.758. The van der Waals surface area contributed by atoms with E-state index >= 15 is 0 Å². The van der Waals surface area contributed by atoms with Crippen molar-refractivity contribution in [1.82, 2.24) is 10.3 Å². The predicted octanol–water partition coefficient (Wildman–Crippen LogP) is 4.32. The Morgan fingerprint density at radius 1 is 1.30 bits per heavy atom. The monoisotopic (exact) mass is 286 g/mol. The van der Waals surface area contributed by atoms with Gasteiger partial charge in [0.1, 0.15) is 5.01 Å². The van der Waals surface area contributed by atoms with Crippen molar-refractivity contribution in [2.24, 2.45) is 0 Å². The van der Waals surface area contributed by atoms with Gasteiger partial charge in [0.25, 0.3) is 0 Å². The maximum atomic E-state index is 4.91. The van der Waals surface area contributed by atoms with E-state index in [1.807, 2.05) is 11.3 Å². The topological polar surface area (TPSA) is 24.9 Å². The molecule has 0 spiro atoms. The zero-order chi connectivity index (χ0) is 13.9. The molecule has 1 N–H and O–H groups in total. The molecule has 1 aromatic heterocycles. The maximum absolute atomic E-state index is 4.91. The molecule has 1 aromatic carbocycles. The van der Waals surface area contributed by atoms with E-state index in [1.165, 1.54) is 39.5 Å². The number of aryl methyl sites for hydroxylation is 2. The van der Waals surface area contributed by atoms with Gasteiger partial charge in [-0.25, -0.2) is 4.98 Å². The summed E-state index contributed by atoms with van der Waals surface area (Å²) < 4.78 is 0. The van der Waals surface area contributed by atoms with Crippen LogP contribution in [0.3, 0.4) is 0 Å². The fourth-order valence-electron chi connectivity index (χ4n) is 2.41. The van der Waals surface area contributed by atoms with Crippen LogP contribution in [0.1, 0.15) is 42.3 Å². The van der Waals surface area contributed by atoms with Crippen molar-refractivity contribution in [3.8, 4) is 10.6 Å². The third-order valence-corrected chi connectivity index (χ3v) is 4.90. The van der Waals surface area contributed by atoms with Gasteiger partial charge in [0.2, 0.25) is 0 Å². The molecule has 106 valence electrons. The smallest absolute Gasteiger partial charge is 0.124 e. The Balaban J connectivity index is 1.87. The SMILES string of the molecule is CCCc1nc(-c2ccccc2C)sc1CNC1CC1. The molecule has 0 atom stereocenters. The summed E-state index contributed by atoms with van der Waals surface area (Å²) in [5, 5.41) is 4.80. The molecular weight excluding hydrogens is 264 g/mol. The second-order valence-corrected chi connectivity index (χ2v) is 6.69. The van der Waals surface area contributed by atoms with Crippen molar-refractivity contribution < 1.29 is 0 Å². The molecule has 0 saturated heterocycles. The lowest BCUT2D eigenvalue weighted by Crippen LogP contribution is -2.15. The number of aromatic nitrogens is 1. The van der Waals surface area contributed by atoms with E-state index < -0.39 is 0 Å². The van der Waals surface area contributed by atoms with Crippen LogP contribution in [0.5, 0.6) is 0 Å². The molecule has 1 aliphatic rings. The van der Waals surface area contributed by atoms with E-state index in [-0.39, 0.29) is 0 Å². The highest BCUT2D eigenvalue weighted by Crippen LogP contribution is 2.31. The van der Waals surface area contributed by atoms with Crippen LogP contribution in [-0.4, -0.2) is 11.0 Å². The normalized spacial score (nSPS) is 14.7. The average Bonchev–Trinajstić information content (AvgIpc) is 3.19. The van der Waals surface area contributed by atoms with Gasteiger partial charge in [0.05, 0.1) is 5.69 Å². The zero-order valence-corrected chi connectivity index (χ0v) is 13.1. The van der Waals surface area contributed by atoms with Gasteiger partial charge in [-0.1, -0.05) is 37.6 Å². The number of thiazole rings is 1. The van der Waals surface area contributed by atoms with Crippen LogP contribution in [0, 0.1) is 6.92 Å². The first kappa shape index (κ1) is 13.8. The molecule has 2 aromatic rings. The lowest BCUT2D eigenvalue weighted by atomic mass is 10.1. The highest BCUT2D eigenvalue weighted by atomic mass is 32.1. The number of benzene rings is 1. The Morgan fingerprint density at radius 3 is 2.80 bits per heavy atom. The summed E-state index contributed by atoms with van der Waals surface area (Å²) in [4.78, 5) is 6.34. The molecule has 3 rings (SSSR count). The predicted molar refractivity (Wildman–Crippen MR) is 86.1 cm³/mol. The molecule has 0 amide bonds. The summed E-state index contributed by atoms with van der Waals surface area (Å²) >= 11 is 1.86. The lowest BCUT2D eigenvalue weighted by molar-refractivity contribution is 0.686. The van der Waals surface area contributed by atoms with E-state index in [0.29, 0.717) is 0 Å². The van der Waals surface area contributed by atoms with Gasteiger partial charge in [-0.3, -0.25) is 0 Å². The van der Waals surface area contributed by atoms with Gasteiger partial charge in [0.15, 0.2) is 0 Å². The highest BCUT2D eigenvalue weighted by molar-refractivity contribution is 7.15. The maximum Gasteiger partial charge on any atom is 0.124 e. The molecule has 3 heteroatoms. The van der Waals surface area contributed by atoms with Gasteiger partial charge < -0.3 is 5.32 Å². The summed E-state index contributed by atoms with van der Waals surface area (Å²) in [5.74, 6) is 0. The summed E-state index contributed by atoms with van der Waals surface area (Å²) in [5.41, 5.74) is 3.89. The fourth-order valence-corrected chi connectivity index (χ4v) is 3.56. The Kier molecular flexibility index (Phi) is 4.18. The molecule has 1 aliphatic carbocycles. The Morgan fingerprint density at radius 2 is 2.10 bits per heavy atom. The summed E-state index contributed by atoms with van der Waals surface area (Å²) in [6.45, 7) is 5.38. The van der Waals surface area contributed by atoms with E-state index in [2.05, 4.69) is 43.4 Å². The molecule has 1 fully saturated rings. The quantitative estimate of drug-likeness (QED) is 0.855. The van der Waals surface area contributed by atoms with Crippen molar-refractivity contribution in [2.75, 3.05) is 0 Å². The summed E-state index contributed by atoms with van der Waals surface area (Å²) in [6, 6.07) is 9.30. The van der Waals surface area contributed by atoms with Crippen molar-refractivity contribution in [2.45, 2.75) is 52.1 Å². The van der Waals surface area contributed by atoms with E-state index in [0.717, 1.165) is 25.4 Å². The van der Waals surface area contributed by atoms with E-state index in [9.17, 15) is 0 Å². The van der Waals surface area contributed by atoms with Gasteiger partial charge in [-0.05, 0) is 31.7 Å². The largest absolute Gasteiger partial charge is 0.309 e. The third-order valence-electron chi connectivity index (χ3n) is 3.77. The molecule has 0 unspecified atom stereocenters. The van der Waals surface area contributed by atoms with Crippen LogP contribution >= 0.6 is 11.3 Å². The van der Waals surface area contributed by atoms with Gasteiger partial charge in [-0.2, -0.15) is 0 Å². The second kappa shape index (κ2) is 6.06. The van der Waals surface area contributed by atoms with Crippen molar-refractivity contribution in [3.63, 3.8) is 0 Å². The molecule has 1 saturated carbocycles. The van der Waals surface area contributed by atoms with E-state index in [1.54, 1.807) is 0 Å². The number of nitrogens with zero attached hydrogens (tertiary/aromatic N) is 1. The minimum atomic E-state index is 0.758. The second-order valence-electron chi connectivity index (χ2n) is 5.61. The fraction of sp³-hybridized carbons (Fsp3) is 0.471. The third kappa shape index (κ3) is 3.10. The summed E-state index contributed by atoms with van der Waals surface area (Å²) in [7, 11) is 0. The van der Waals surface area contributed by atoms with Crippen LogP contribution in [0.25, 0.3) is 10.6 Å². The number of hydrogen-bond acceptors (Lipinski definition) is 3. The first-order valence-electron chi connectivity index (χ1n) is 7.56. The van der Waals surface area contributed by atoms with Crippen LogP contribution in [0.4, 0.5) is 0 Å². The number of rotatable bonds is 6. The Hall–Kier alpha value is -1.19. The summed E-state index contributed by atoms with van der Waals surface area (Å²) in [6.07, 6.45) is 4.93. The molecular formula is C17H22N2S. The Bertz CT molecular complexity index is 584. The van der Waals surface area contributed by atoms with Crippen molar-refractivity contribution >= 4 is 11.3 Å². The standard InChI is InChI=1S/C17H22N2S/c1-3-6-15-16(11-18-13-9-10-13)20-17(19-15)14-8-5-4-7-12(14)2/h4-5,7-8,13,18H,3,6,9-11H2,1-2H3. The van der Waals surface area contributed by atoms with Gasteiger partial charge >= 0.3 is 0 Å². The number of nitrogens with one attached hydrogen (secondary N) is 1. The van der Waals surface area contributed by atoms with Gasteiger partial charge in [0, 0.05) is 23.0 Å². The lowest BCUT2D eigenvalue weighted by Gasteiger charge is -2.01. The molecule has 0 bridgehead atoms. The van der Waals surface area contributed by atoms with Crippen LogP contribution in [-0.2, 0) is 13.0 Å². The van der Waals surface area contributed by atoms with Crippen molar-refractivity contribution in [3.05, 3.63) is 40.4 Å². The molecule has 0 aliphatic heterocycles. The van der Waals surface area contributed by atoms with Crippen LogP contribution in [0.15, 0.2) is 24.3 Å². The van der Waals surface area contributed by atoms with Crippen LogP contribution in [0.2, 0.25) is 0 Å². The van der Waals surface area contributed by atoms with Crippen molar-refractivity contribution in [1.29, 1.82) is 0 Å².